The number of aryl methyl sites for hydroxylation is 2. The lowest BCUT2D eigenvalue weighted by molar-refractivity contribution is -0.131. The SMILES string of the molecule is COc1ccc(C=CC(=O)O)c(OCCOc2ccc(C)cc2C)c1. The highest BCUT2D eigenvalue weighted by Gasteiger charge is 2.05. The maximum absolute atomic E-state index is 10.7. The van der Waals surface area contributed by atoms with E-state index in [4.69, 9.17) is 19.3 Å². The van der Waals surface area contributed by atoms with Gasteiger partial charge in [-0.05, 0) is 43.7 Å². The monoisotopic (exact) mass is 342 g/mol. The van der Waals surface area contributed by atoms with Crippen molar-refractivity contribution in [3.8, 4) is 17.2 Å². The lowest BCUT2D eigenvalue weighted by atomic mass is 10.1. The van der Waals surface area contributed by atoms with E-state index in [0.29, 0.717) is 30.3 Å². The second kappa shape index (κ2) is 8.78. The zero-order valence-corrected chi connectivity index (χ0v) is 14.6. The lowest BCUT2D eigenvalue weighted by Gasteiger charge is -2.13. The summed E-state index contributed by atoms with van der Waals surface area (Å²) in [7, 11) is 1.56. The number of benzene rings is 2. The molecule has 0 amide bonds. The number of hydrogen-bond acceptors (Lipinski definition) is 4. The van der Waals surface area contributed by atoms with Gasteiger partial charge in [0.25, 0.3) is 0 Å². The maximum Gasteiger partial charge on any atom is 0.328 e. The van der Waals surface area contributed by atoms with Crippen LogP contribution in [0.25, 0.3) is 6.08 Å². The molecular weight excluding hydrogens is 320 g/mol. The average Bonchev–Trinajstić information content (AvgIpc) is 2.58. The number of hydrogen-bond donors (Lipinski definition) is 1. The van der Waals surface area contributed by atoms with Gasteiger partial charge in [0.1, 0.15) is 30.5 Å². The minimum Gasteiger partial charge on any atom is -0.497 e. The standard InChI is InChI=1S/C20H22O5/c1-14-4-8-18(15(2)12-14)24-10-11-25-19-13-17(23-3)7-5-16(19)6-9-20(21)22/h4-9,12-13H,10-11H2,1-3H3,(H,21,22). The van der Waals surface area contributed by atoms with Crippen molar-refractivity contribution >= 4 is 12.0 Å². The number of carboxylic acid groups (broad SMARTS) is 1. The molecule has 0 aliphatic carbocycles. The number of carbonyl (C=O) groups is 1. The van der Waals surface area contributed by atoms with E-state index in [-0.39, 0.29) is 0 Å². The van der Waals surface area contributed by atoms with E-state index in [2.05, 4.69) is 6.07 Å². The maximum atomic E-state index is 10.7. The summed E-state index contributed by atoms with van der Waals surface area (Å²) >= 11 is 0. The predicted octanol–water partition coefficient (Wildman–Crippen LogP) is 3.87. The first-order valence-corrected chi connectivity index (χ1v) is 7.91. The Morgan fingerprint density at radius 2 is 1.76 bits per heavy atom. The first kappa shape index (κ1) is 18.4. The summed E-state index contributed by atoms with van der Waals surface area (Å²) in [4.78, 5) is 10.7. The van der Waals surface area contributed by atoms with Gasteiger partial charge in [0.2, 0.25) is 0 Å². The molecule has 1 N–H and O–H groups in total. The van der Waals surface area contributed by atoms with E-state index in [1.807, 2.05) is 26.0 Å². The van der Waals surface area contributed by atoms with Crippen LogP contribution in [0.4, 0.5) is 0 Å². The quantitative estimate of drug-likeness (QED) is 0.583. The number of aliphatic carboxylic acids is 1. The third-order valence-electron chi connectivity index (χ3n) is 3.56. The molecule has 0 heterocycles. The Morgan fingerprint density at radius 1 is 1.04 bits per heavy atom. The normalized spacial score (nSPS) is 10.7. The van der Waals surface area contributed by atoms with Crippen LogP contribution in [-0.4, -0.2) is 31.4 Å². The van der Waals surface area contributed by atoms with Crippen LogP contribution in [0.15, 0.2) is 42.5 Å². The third-order valence-corrected chi connectivity index (χ3v) is 3.56. The number of rotatable bonds is 8. The molecule has 2 rings (SSSR count). The molecule has 0 unspecified atom stereocenters. The van der Waals surface area contributed by atoms with Gasteiger partial charge >= 0.3 is 5.97 Å². The molecule has 0 spiro atoms. The fourth-order valence-corrected chi connectivity index (χ4v) is 2.33. The fourth-order valence-electron chi connectivity index (χ4n) is 2.33. The molecule has 0 fully saturated rings. The Hall–Kier alpha value is -2.95. The van der Waals surface area contributed by atoms with Gasteiger partial charge in [0.05, 0.1) is 7.11 Å². The lowest BCUT2D eigenvalue weighted by Crippen LogP contribution is -2.10. The van der Waals surface area contributed by atoms with Gasteiger partial charge in [-0.2, -0.15) is 0 Å². The van der Waals surface area contributed by atoms with Crippen LogP contribution < -0.4 is 14.2 Å². The second-order valence-electron chi connectivity index (χ2n) is 5.54. The Kier molecular flexibility index (Phi) is 6.46. The molecule has 5 nitrogen and oxygen atoms in total. The van der Waals surface area contributed by atoms with E-state index in [1.165, 1.54) is 11.6 Å². The van der Waals surface area contributed by atoms with Crippen LogP contribution in [-0.2, 0) is 4.79 Å². The zero-order chi connectivity index (χ0) is 18.2. The van der Waals surface area contributed by atoms with Gasteiger partial charge in [-0.3, -0.25) is 0 Å². The highest BCUT2D eigenvalue weighted by Crippen LogP contribution is 2.26. The topological polar surface area (TPSA) is 65.0 Å². The summed E-state index contributed by atoms with van der Waals surface area (Å²) in [6.45, 7) is 4.74. The van der Waals surface area contributed by atoms with E-state index < -0.39 is 5.97 Å². The molecule has 2 aromatic rings. The number of carboxylic acids is 1. The van der Waals surface area contributed by atoms with Crippen LogP contribution in [0.1, 0.15) is 16.7 Å². The first-order valence-electron chi connectivity index (χ1n) is 7.91. The summed E-state index contributed by atoms with van der Waals surface area (Å²) in [5.74, 6) is 0.990. The minimum absolute atomic E-state index is 0.328. The van der Waals surface area contributed by atoms with Gasteiger partial charge in [0, 0.05) is 17.7 Å². The molecule has 0 radical (unpaired) electrons. The Labute approximate surface area is 147 Å². The van der Waals surface area contributed by atoms with Crippen molar-refractivity contribution in [2.45, 2.75) is 13.8 Å². The van der Waals surface area contributed by atoms with Crippen LogP contribution >= 0.6 is 0 Å². The summed E-state index contributed by atoms with van der Waals surface area (Å²) in [6.07, 6.45) is 2.56. The van der Waals surface area contributed by atoms with Crippen molar-refractivity contribution in [3.63, 3.8) is 0 Å². The first-order chi connectivity index (χ1) is 12.0. The minimum atomic E-state index is -1.01. The molecule has 0 aliphatic heterocycles. The zero-order valence-electron chi connectivity index (χ0n) is 14.6. The van der Waals surface area contributed by atoms with E-state index >= 15 is 0 Å². The smallest absolute Gasteiger partial charge is 0.328 e. The summed E-state index contributed by atoms with van der Waals surface area (Å²) in [6, 6.07) is 11.2. The molecular formula is C20H22O5. The van der Waals surface area contributed by atoms with Crippen molar-refractivity contribution < 1.29 is 24.1 Å². The summed E-state index contributed by atoms with van der Waals surface area (Å²) in [5, 5.41) is 8.78. The highest BCUT2D eigenvalue weighted by atomic mass is 16.5. The van der Waals surface area contributed by atoms with Crippen LogP contribution in [0, 0.1) is 13.8 Å². The molecule has 5 heteroatoms. The molecule has 2 aromatic carbocycles. The molecule has 0 saturated heterocycles. The van der Waals surface area contributed by atoms with Crippen molar-refractivity contribution in [3.05, 3.63) is 59.2 Å². The second-order valence-corrected chi connectivity index (χ2v) is 5.54. The van der Waals surface area contributed by atoms with Gasteiger partial charge in [-0.15, -0.1) is 0 Å². The summed E-state index contributed by atoms with van der Waals surface area (Å²) in [5.41, 5.74) is 2.92. The van der Waals surface area contributed by atoms with Crippen LogP contribution in [0.5, 0.6) is 17.2 Å². The summed E-state index contributed by atoms with van der Waals surface area (Å²) < 4.78 is 16.7. The van der Waals surface area contributed by atoms with Crippen molar-refractivity contribution in [1.29, 1.82) is 0 Å². The number of ether oxygens (including phenoxy) is 3. The Morgan fingerprint density at radius 3 is 2.40 bits per heavy atom. The third kappa shape index (κ3) is 5.57. The van der Waals surface area contributed by atoms with E-state index in [1.54, 1.807) is 25.3 Å². The van der Waals surface area contributed by atoms with Gasteiger partial charge < -0.3 is 19.3 Å². The number of methoxy groups -OCH3 is 1. The van der Waals surface area contributed by atoms with Gasteiger partial charge in [-0.1, -0.05) is 17.7 Å². The Balaban J connectivity index is 1.99. The van der Waals surface area contributed by atoms with Crippen LogP contribution in [0.2, 0.25) is 0 Å². The molecule has 0 bridgehead atoms. The van der Waals surface area contributed by atoms with E-state index in [0.717, 1.165) is 17.4 Å². The largest absolute Gasteiger partial charge is 0.497 e. The van der Waals surface area contributed by atoms with Crippen molar-refractivity contribution in [2.24, 2.45) is 0 Å². The fraction of sp³-hybridized carbons (Fsp3) is 0.250. The van der Waals surface area contributed by atoms with Gasteiger partial charge in [0.15, 0.2) is 0 Å². The van der Waals surface area contributed by atoms with Crippen molar-refractivity contribution in [2.75, 3.05) is 20.3 Å². The Bertz CT molecular complexity index is 765. The molecule has 0 atom stereocenters. The molecule has 0 aliphatic rings. The van der Waals surface area contributed by atoms with Crippen LogP contribution in [0.3, 0.4) is 0 Å². The van der Waals surface area contributed by atoms with Crippen molar-refractivity contribution in [1.82, 2.24) is 0 Å². The molecule has 0 saturated carbocycles. The van der Waals surface area contributed by atoms with E-state index in [9.17, 15) is 4.79 Å². The molecule has 0 aromatic heterocycles. The average molecular weight is 342 g/mol. The predicted molar refractivity (Wildman–Crippen MR) is 96.6 cm³/mol. The highest BCUT2D eigenvalue weighted by molar-refractivity contribution is 5.86. The van der Waals surface area contributed by atoms with Gasteiger partial charge in [-0.25, -0.2) is 4.79 Å². The molecule has 132 valence electrons. The molecule has 25 heavy (non-hydrogen) atoms.